The molecule has 0 heterocycles. The summed E-state index contributed by atoms with van der Waals surface area (Å²) < 4.78 is 0. The van der Waals surface area contributed by atoms with Crippen LogP contribution in [-0.2, 0) is 0 Å². The lowest BCUT2D eigenvalue weighted by atomic mass is 9.66. The van der Waals surface area contributed by atoms with Gasteiger partial charge in [0, 0.05) is 10.8 Å². The van der Waals surface area contributed by atoms with E-state index in [2.05, 4.69) is 94.2 Å². The van der Waals surface area contributed by atoms with Crippen LogP contribution in [-0.4, -0.2) is 0 Å². The molecule has 0 heteroatoms. The average molecular weight is 363 g/mol. The zero-order valence-corrected chi connectivity index (χ0v) is 20.1. The quantitative estimate of drug-likeness (QED) is 0.268. The van der Waals surface area contributed by atoms with Crippen molar-refractivity contribution in [2.24, 2.45) is 21.7 Å². The molecule has 0 bridgehead atoms. The van der Waals surface area contributed by atoms with Crippen molar-refractivity contribution in [3.63, 3.8) is 0 Å². The molecule has 0 radical (unpaired) electrons. The molecule has 0 aliphatic carbocycles. The van der Waals surface area contributed by atoms with Crippen LogP contribution < -0.4 is 0 Å². The second-order valence-corrected chi connectivity index (χ2v) is 9.54. The third-order valence-corrected chi connectivity index (χ3v) is 7.06. The Bertz CT molecular complexity index is 423. The Morgan fingerprint density at radius 3 is 1.35 bits per heavy atom. The van der Waals surface area contributed by atoms with E-state index in [-0.39, 0.29) is 10.8 Å². The molecule has 0 rings (SSSR count). The first-order chi connectivity index (χ1) is 12.0. The number of hydrogen-bond acceptors (Lipinski definition) is 0. The van der Waals surface area contributed by atoms with Crippen molar-refractivity contribution in [3.05, 3.63) is 13.2 Å². The fraction of sp³-hybridized carbons (Fsp3) is 0.846. The van der Waals surface area contributed by atoms with E-state index in [0.717, 1.165) is 6.42 Å². The molecule has 0 nitrogen and oxygen atoms in total. The second kappa shape index (κ2) is 11.9. The minimum absolute atomic E-state index is 0.143. The van der Waals surface area contributed by atoms with Crippen LogP contribution in [0.5, 0.6) is 0 Å². The van der Waals surface area contributed by atoms with Gasteiger partial charge in [-0.1, -0.05) is 93.4 Å². The topological polar surface area (TPSA) is 0 Å². The summed E-state index contributed by atoms with van der Waals surface area (Å²) >= 11 is 0. The summed E-state index contributed by atoms with van der Waals surface area (Å²) in [5.41, 5.74) is 1.13. The van der Waals surface area contributed by atoms with Gasteiger partial charge < -0.3 is 0 Å². The molecule has 154 valence electrons. The fourth-order valence-electron chi connectivity index (χ4n) is 3.76. The van der Waals surface area contributed by atoms with Gasteiger partial charge in [0.15, 0.2) is 0 Å². The van der Waals surface area contributed by atoms with E-state index in [0.29, 0.717) is 10.8 Å². The lowest BCUT2D eigenvalue weighted by Crippen LogP contribution is -2.29. The average Bonchev–Trinajstić information content (AvgIpc) is 2.66. The molecule has 0 aromatic carbocycles. The van der Waals surface area contributed by atoms with Crippen LogP contribution in [0.15, 0.2) is 13.2 Å². The zero-order chi connectivity index (χ0) is 21.1. The Balaban J connectivity index is 0. The summed E-state index contributed by atoms with van der Waals surface area (Å²) in [6.45, 7) is 29.6. The monoisotopic (exact) mass is 362 g/mol. The predicted molar refractivity (Wildman–Crippen MR) is 122 cm³/mol. The smallest absolute Gasteiger partial charge is 0.0314 e. The minimum atomic E-state index is 0.143. The molecule has 0 saturated carbocycles. The molecule has 0 aliphatic rings. The van der Waals surface area contributed by atoms with E-state index in [9.17, 15) is 0 Å². The molecule has 0 aromatic rings. The summed E-state index contributed by atoms with van der Waals surface area (Å²) in [7, 11) is 0. The molecule has 0 saturated heterocycles. The Hall–Kier alpha value is -0.700. The van der Waals surface area contributed by atoms with Gasteiger partial charge in [-0.15, -0.1) is 13.2 Å². The summed E-state index contributed by atoms with van der Waals surface area (Å²) in [5.74, 6) is 7.64. The summed E-state index contributed by atoms with van der Waals surface area (Å²) in [4.78, 5) is 0. The third-order valence-electron chi connectivity index (χ3n) is 7.06. The Labute approximate surface area is 167 Å². The van der Waals surface area contributed by atoms with Crippen molar-refractivity contribution >= 4 is 0 Å². The van der Waals surface area contributed by atoms with Crippen LogP contribution >= 0.6 is 0 Å². The van der Waals surface area contributed by atoms with Gasteiger partial charge in [0.1, 0.15) is 0 Å². The summed E-state index contributed by atoms with van der Waals surface area (Å²) in [5, 5.41) is 0. The molecular weight excluding hydrogens is 312 g/mol. The molecule has 0 spiro atoms. The van der Waals surface area contributed by atoms with E-state index in [1.807, 2.05) is 0 Å². The van der Waals surface area contributed by atoms with Crippen molar-refractivity contribution < 1.29 is 0 Å². The lowest BCUT2D eigenvalue weighted by Gasteiger charge is -2.38. The lowest BCUT2D eigenvalue weighted by molar-refractivity contribution is 0.168. The van der Waals surface area contributed by atoms with Crippen LogP contribution in [0.2, 0.25) is 0 Å². The van der Waals surface area contributed by atoms with E-state index in [4.69, 9.17) is 0 Å². The van der Waals surface area contributed by atoms with Crippen LogP contribution in [0.3, 0.4) is 0 Å². The van der Waals surface area contributed by atoms with Gasteiger partial charge in [-0.05, 0) is 49.9 Å². The maximum absolute atomic E-state index is 3.85. The first kappa shape index (κ1) is 27.5. The van der Waals surface area contributed by atoms with Crippen molar-refractivity contribution in [1.82, 2.24) is 0 Å². The Morgan fingerprint density at radius 1 is 0.577 bits per heavy atom. The van der Waals surface area contributed by atoms with Crippen LogP contribution in [0.1, 0.15) is 121 Å². The van der Waals surface area contributed by atoms with Gasteiger partial charge in [-0.25, -0.2) is 0 Å². The molecule has 0 amide bonds. The van der Waals surface area contributed by atoms with Gasteiger partial charge in [0.2, 0.25) is 0 Å². The van der Waals surface area contributed by atoms with Gasteiger partial charge in [0.25, 0.3) is 0 Å². The molecule has 0 fully saturated rings. The maximum Gasteiger partial charge on any atom is 0.0314 e. The normalized spacial score (nSPS) is 14.5. The largest absolute Gasteiger partial charge is 0.106 e. The third kappa shape index (κ3) is 8.79. The Kier molecular flexibility index (Phi) is 12.6. The van der Waals surface area contributed by atoms with Crippen LogP contribution in [0, 0.1) is 33.5 Å². The molecule has 0 aliphatic heterocycles. The van der Waals surface area contributed by atoms with Crippen LogP contribution in [0.25, 0.3) is 0 Å². The van der Waals surface area contributed by atoms with Crippen molar-refractivity contribution in [1.29, 1.82) is 0 Å². The fourth-order valence-corrected chi connectivity index (χ4v) is 3.76. The van der Waals surface area contributed by atoms with Crippen molar-refractivity contribution in [3.8, 4) is 11.8 Å². The maximum atomic E-state index is 3.85. The molecular formula is C26H50. The summed E-state index contributed by atoms with van der Waals surface area (Å²) in [6.07, 6.45) is 9.65. The standard InChI is InChI=1S/C24H46.C2H4/c1-11-21(7,8)19-23(10,14-4)17-18-24(15-5,16-6)20-22(9,12-2)13-3;1-2/h11-16,19-20H2,1-10H3;1-2H2. The highest BCUT2D eigenvalue weighted by molar-refractivity contribution is 5.19. The number of rotatable bonds is 10. The number of hydrogen-bond donors (Lipinski definition) is 0. The van der Waals surface area contributed by atoms with Gasteiger partial charge in [-0.2, -0.15) is 0 Å². The molecule has 0 aromatic heterocycles. The minimum Gasteiger partial charge on any atom is -0.106 e. The van der Waals surface area contributed by atoms with Crippen LogP contribution in [0.4, 0.5) is 0 Å². The molecule has 1 atom stereocenters. The van der Waals surface area contributed by atoms with Crippen molar-refractivity contribution in [2.45, 2.75) is 121 Å². The predicted octanol–water partition coefficient (Wildman–Crippen LogP) is 9.06. The second-order valence-electron chi connectivity index (χ2n) is 9.54. The van der Waals surface area contributed by atoms with E-state index in [1.165, 1.54) is 44.9 Å². The SMILES string of the molecule is C=C.CCC(C)(C)CC(C)(C#CC(CC)(CC)CC(C)(CC)CC)CC. The van der Waals surface area contributed by atoms with E-state index < -0.39 is 0 Å². The van der Waals surface area contributed by atoms with E-state index in [1.54, 1.807) is 0 Å². The Morgan fingerprint density at radius 2 is 1.04 bits per heavy atom. The molecule has 1 unspecified atom stereocenters. The van der Waals surface area contributed by atoms with Gasteiger partial charge in [-0.3, -0.25) is 0 Å². The first-order valence-electron chi connectivity index (χ1n) is 11.0. The highest BCUT2D eigenvalue weighted by Crippen LogP contribution is 2.44. The molecule has 0 N–H and O–H groups in total. The molecule has 26 heavy (non-hydrogen) atoms. The van der Waals surface area contributed by atoms with Crippen molar-refractivity contribution in [2.75, 3.05) is 0 Å². The summed E-state index contributed by atoms with van der Waals surface area (Å²) in [6, 6.07) is 0. The van der Waals surface area contributed by atoms with Gasteiger partial charge in [0.05, 0.1) is 0 Å². The van der Waals surface area contributed by atoms with Gasteiger partial charge >= 0.3 is 0 Å². The first-order valence-corrected chi connectivity index (χ1v) is 11.0. The highest BCUT2D eigenvalue weighted by atomic mass is 14.4. The van der Waals surface area contributed by atoms with E-state index >= 15 is 0 Å². The zero-order valence-electron chi connectivity index (χ0n) is 20.1. The highest BCUT2D eigenvalue weighted by Gasteiger charge is 2.34.